The van der Waals surface area contributed by atoms with E-state index in [1.807, 2.05) is 0 Å². The van der Waals surface area contributed by atoms with Crippen molar-refractivity contribution in [2.24, 2.45) is 0 Å². The van der Waals surface area contributed by atoms with E-state index in [9.17, 15) is 9.59 Å². The molecule has 0 spiro atoms. The number of alkyl halides is 2. The first-order chi connectivity index (χ1) is 5.13. The number of rotatable bonds is 4. The fraction of sp³-hybridized carbons (Fsp3) is 0.667. The van der Waals surface area contributed by atoms with Crippen LogP contribution in [0.3, 0.4) is 0 Å². The number of carbonyl (C=O) groups is 2. The molecule has 0 amide bonds. The number of halogens is 2. The van der Waals surface area contributed by atoms with Gasteiger partial charge in [-0.05, 0) is 6.92 Å². The third-order valence-corrected chi connectivity index (χ3v) is 2.06. The van der Waals surface area contributed by atoms with Crippen LogP contribution in [0.2, 0.25) is 0 Å². The average molecular weight is 243 g/mol. The molecule has 0 aromatic carbocycles. The molecule has 0 bridgehead atoms. The Labute approximate surface area is 78.2 Å². The minimum atomic E-state index is -0.917. The third kappa shape index (κ3) is 3.72. The van der Waals surface area contributed by atoms with Crippen LogP contribution in [-0.4, -0.2) is 29.1 Å². The number of ether oxygens (including phenoxy) is 1. The topological polar surface area (TPSA) is 43.4 Å². The number of Topliss-reactive ketones (excluding diaryl/α,β-unsaturated/α-hetero) is 1. The number of esters is 1. The Hall–Kier alpha value is -0.0900. The minimum Gasteiger partial charge on any atom is -0.465 e. The summed E-state index contributed by atoms with van der Waals surface area (Å²) < 4.78 is 4.56. The number of ketones is 1. The van der Waals surface area contributed by atoms with Crippen molar-refractivity contribution in [2.45, 2.75) is 11.8 Å². The van der Waals surface area contributed by atoms with Crippen molar-refractivity contribution in [1.82, 2.24) is 0 Å². The predicted octanol–water partition coefficient (Wildman–Crippen LogP) is 1.12. The Balaban J connectivity index is 3.91. The van der Waals surface area contributed by atoms with E-state index in [1.165, 1.54) is 0 Å². The van der Waals surface area contributed by atoms with Crippen molar-refractivity contribution < 1.29 is 14.3 Å². The van der Waals surface area contributed by atoms with Crippen molar-refractivity contribution >= 4 is 39.3 Å². The second-order valence-electron chi connectivity index (χ2n) is 1.71. The van der Waals surface area contributed by atoms with Crippen LogP contribution in [0.5, 0.6) is 0 Å². The Morgan fingerprint density at radius 2 is 2.18 bits per heavy atom. The van der Waals surface area contributed by atoms with Gasteiger partial charge in [0.15, 0.2) is 10.6 Å². The zero-order valence-corrected chi connectivity index (χ0v) is 8.31. The Bertz CT molecular complexity index is 160. The van der Waals surface area contributed by atoms with E-state index < -0.39 is 10.8 Å². The normalized spacial score (nSPS) is 12.3. The zero-order chi connectivity index (χ0) is 8.85. The van der Waals surface area contributed by atoms with Gasteiger partial charge >= 0.3 is 5.97 Å². The van der Waals surface area contributed by atoms with Gasteiger partial charge < -0.3 is 4.74 Å². The molecular formula is C6H8BrClO3. The number of hydrogen-bond donors (Lipinski definition) is 0. The molecule has 11 heavy (non-hydrogen) atoms. The molecule has 0 aromatic heterocycles. The molecule has 0 saturated carbocycles. The highest BCUT2D eigenvalue weighted by molar-refractivity contribution is 9.10. The monoisotopic (exact) mass is 242 g/mol. The zero-order valence-electron chi connectivity index (χ0n) is 5.97. The fourth-order valence-electron chi connectivity index (χ4n) is 0.415. The molecule has 1 atom stereocenters. The standard InChI is InChI=1S/C6H8BrClO3/c1-2-11-6(10)5(7)4(9)3-8/h5H,2-3H2,1H3. The summed E-state index contributed by atoms with van der Waals surface area (Å²) in [4.78, 5) is 20.6. The first kappa shape index (κ1) is 10.9. The van der Waals surface area contributed by atoms with Gasteiger partial charge in [0, 0.05) is 0 Å². The van der Waals surface area contributed by atoms with E-state index in [1.54, 1.807) is 6.92 Å². The molecule has 0 fully saturated rings. The molecule has 0 aromatic rings. The van der Waals surface area contributed by atoms with Crippen molar-refractivity contribution in [2.75, 3.05) is 12.5 Å². The lowest BCUT2D eigenvalue weighted by molar-refractivity contribution is -0.144. The van der Waals surface area contributed by atoms with Crippen LogP contribution in [0.1, 0.15) is 6.92 Å². The van der Waals surface area contributed by atoms with Crippen LogP contribution in [-0.2, 0) is 14.3 Å². The lowest BCUT2D eigenvalue weighted by atomic mass is 10.3. The smallest absolute Gasteiger partial charge is 0.327 e. The predicted molar refractivity (Wildman–Crippen MR) is 45.1 cm³/mol. The highest BCUT2D eigenvalue weighted by atomic mass is 79.9. The first-order valence-corrected chi connectivity index (χ1v) is 4.47. The van der Waals surface area contributed by atoms with E-state index in [0.29, 0.717) is 0 Å². The van der Waals surface area contributed by atoms with E-state index in [2.05, 4.69) is 20.7 Å². The second-order valence-corrected chi connectivity index (χ2v) is 2.90. The van der Waals surface area contributed by atoms with Gasteiger partial charge in [0.05, 0.1) is 12.5 Å². The van der Waals surface area contributed by atoms with Gasteiger partial charge in [0.1, 0.15) is 0 Å². The summed E-state index contributed by atoms with van der Waals surface area (Å²) >= 11 is 8.07. The maximum atomic E-state index is 10.8. The number of carbonyl (C=O) groups excluding carboxylic acids is 2. The quantitative estimate of drug-likeness (QED) is 0.422. The van der Waals surface area contributed by atoms with Crippen LogP contribution in [0.15, 0.2) is 0 Å². The molecule has 0 N–H and O–H groups in total. The van der Waals surface area contributed by atoms with Crippen LogP contribution < -0.4 is 0 Å². The lowest BCUT2D eigenvalue weighted by Gasteiger charge is -2.04. The first-order valence-electron chi connectivity index (χ1n) is 3.02. The van der Waals surface area contributed by atoms with Crippen molar-refractivity contribution in [3.8, 4) is 0 Å². The summed E-state index contributed by atoms with van der Waals surface area (Å²) in [6.45, 7) is 1.93. The molecule has 1 unspecified atom stereocenters. The maximum Gasteiger partial charge on any atom is 0.327 e. The van der Waals surface area contributed by atoms with Crippen molar-refractivity contribution in [3.63, 3.8) is 0 Å². The van der Waals surface area contributed by atoms with Gasteiger partial charge in [-0.2, -0.15) is 0 Å². The molecule has 0 aliphatic rings. The molecular weight excluding hydrogens is 235 g/mol. The van der Waals surface area contributed by atoms with Gasteiger partial charge in [-0.15, -0.1) is 11.6 Å². The van der Waals surface area contributed by atoms with E-state index in [-0.39, 0.29) is 18.3 Å². The molecule has 64 valence electrons. The van der Waals surface area contributed by atoms with Crippen LogP contribution >= 0.6 is 27.5 Å². The molecule has 5 heteroatoms. The van der Waals surface area contributed by atoms with Crippen molar-refractivity contribution in [3.05, 3.63) is 0 Å². The van der Waals surface area contributed by atoms with Gasteiger partial charge in [0.25, 0.3) is 0 Å². The molecule has 0 aliphatic heterocycles. The van der Waals surface area contributed by atoms with Crippen molar-refractivity contribution in [1.29, 1.82) is 0 Å². The minimum absolute atomic E-state index is 0.186. The number of hydrogen-bond acceptors (Lipinski definition) is 3. The van der Waals surface area contributed by atoms with Gasteiger partial charge in [0.2, 0.25) is 0 Å². The average Bonchev–Trinajstić information content (AvgIpc) is 2.02. The van der Waals surface area contributed by atoms with E-state index in [0.717, 1.165) is 0 Å². The third-order valence-electron chi connectivity index (χ3n) is 0.908. The molecule has 0 heterocycles. The fourth-order valence-corrected chi connectivity index (χ4v) is 1.05. The summed E-state index contributed by atoms with van der Waals surface area (Å²) in [7, 11) is 0. The lowest BCUT2D eigenvalue weighted by Crippen LogP contribution is -2.27. The van der Waals surface area contributed by atoms with Gasteiger partial charge in [-0.3, -0.25) is 9.59 Å². The van der Waals surface area contributed by atoms with Crippen LogP contribution in [0, 0.1) is 0 Å². The van der Waals surface area contributed by atoms with Crippen LogP contribution in [0.4, 0.5) is 0 Å². The Morgan fingerprint density at radius 1 is 1.64 bits per heavy atom. The molecule has 0 rings (SSSR count). The van der Waals surface area contributed by atoms with Crippen LogP contribution in [0.25, 0.3) is 0 Å². The summed E-state index contributed by atoms with van der Waals surface area (Å²) in [5.41, 5.74) is 0. The molecule has 3 nitrogen and oxygen atoms in total. The highest BCUT2D eigenvalue weighted by Crippen LogP contribution is 2.04. The Kier molecular flexibility index (Phi) is 5.50. The summed E-state index contributed by atoms with van der Waals surface area (Å²) in [6.07, 6.45) is 0. The highest BCUT2D eigenvalue weighted by Gasteiger charge is 2.23. The summed E-state index contributed by atoms with van der Waals surface area (Å²) in [5, 5.41) is 0. The Morgan fingerprint density at radius 3 is 2.55 bits per heavy atom. The summed E-state index contributed by atoms with van der Waals surface area (Å²) in [5.74, 6) is -1.15. The second kappa shape index (κ2) is 5.55. The van der Waals surface area contributed by atoms with E-state index in [4.69, 9.17) is 11.6 Å². The van der Waals surface area contributed by atoms with Gasteiger partial charge in [-0.1, -0.05) is 15.9 Å². The van der Waals surface area contributed by atoms with Gasteiger partial charge in [-0.25, -0.2) is 0 Å². The molecule has 0 saturated heterocycles. The molecule has 0 radical (unpaired) electrons. The largest absolute Gasteiger partial charge is 0.465 e. The molecule has 0 aliphatic carbocycles. The van der Waals surface area contributed by atoms with E-state index >= 15 is 0 Å². The maximum absolute atomic E-state index is 10.8. The summed E-state index contributed by atoms with van der Waals surface area (Å²) in [6, 6.07) is 0. The SMILES string of the molecule is CCOC(=O)C(Br)C(=O)CCl.